The highest BCUT2D eigenvalue weighted by Crippen LogP contribution is 2.37. The fourth-order valence-corrected chi connectivity index (χ4v) is 3.09. The van der Waals surface area contributed by atoms with E-state index in [0.29, 0.717) is 12.3 Å². The third-order valence-electron chi connectivity index (χ3n) is 4.08. The minimum atomic E-state index is -0.572. The predicted molar refractivity (Wildman–Crippen MR) is 71.9 cm³/mol. The molecule has 3 heteroatoms. The summed E-state index contributed by atoms with van der Waals surface area (Å²) in [6.07, 6.45) is 5.34. The predicted octanol–water partition coefficient (Wildman–Crippen LogP) is 2.80. The minimum Gasteiger partial charge on any atom is -0.496 e. The molecule has 2 rings (SSSR count). The Bertz CT molecular complexity index is 444. The van der Waals surface area contributed by atoms with Crippen molar-refractivity contribution in [1.29, 1.82) is 0 Å². The third kappa shape index (κ3) is 2.51. The summed E-state index contributed by atoms with van der Waals surface area (Å²) in [5.74, 6) is 1.51. The molecule has 0 spiro atoms. The van der Waals surface area contributed by atoms with Crippen LogP contribution in [0.3, 0.4) is 0 Å². The summed E-state index contributed by atoms with van der Waals surface area (Å²) in [5, 5.41) is 10.6. The summed E-state index contributed by atoms with van der Waals surface area (Å²) in [7, 11) is 1.69. The molecule has 0 bridgehead atoms. The van der Waals surface area contributed by atoms with Crippen LogP contribution in [0, 0.1) is 19.8 Å². The van der Waals surface area contributed by atoms with Crippen LogP contribution < -0.4 is 4.74 Å². The van der Waals surface area contributed by atoms with Crippen molar-refractivity contribution in [3.05, 3.63) is 23.0 Å². The normalized spacial score (nSPS) is 27.5. The summed E-state index contributed by atoms with van der Waals surface area (Å²) >= 11 is 0. The number of rotatable bonds is 3. The van der Waals surface area contributed by atoms with Gasteiger partial charge >= 0.3 is 0 Å². The molecule has 100 valence electrons. The fraction of sp³-hybridized carbons (Fsp3) is 0.667. The van der Waals surface area contributed by atoms with Crippen LogP contribution in [0.5, 0.6) is 5.75 Å². The van der Waals surface area contributed by atoms with Crippen molar-refractivity contribution >= 4 is 0 Å². The molecule has 0 amide bonds. The van der Waals surface area contributed by atoms with Gasteiger partial charge in [0.25, 0.3) is 0 Å². The number of ether oxygens (including phenoxy) is 1. The molecule has 1 aromatic rings. The minimum absolute atomic E-state index is 0.572. The lowest BCUT2D eigenvalue weighted by atomic mass is 9.92. The van der Waals surface area contributed by atoms with Crippen LogP contribution in [-0.2, 0) is 6.42 Å². The van der Waals surface area contributed by atoms with Gasteiger partial charge in [-0.05, 0) is 39.0 Å². The lowest BCUT2D eigenvalue weighted by Gasteiger charge is -2.23. The van der Waals surface area contributed by atoms with Crippen LogP contribution in [0.25, 0.3) is 0 Å². The highest BCUT2D eigenvalue weighted by molar-refractivity contribution is 5.41. The molecule has 0 aliphatic heterocycles. The SMILES string of the molecule is COc1c(C)cnc(CC2(O)CCC(C)C2)c1C. The summed E-state index contributed by atoms with van der Waals surface area (Å²) in [5.41, 5.74) is 2.50. The van der Waals surface area contributed by atoms with Crippen LogP contribution in [0.1, 0.15) is 43.0 Å². The molecule has 1 heterocycles. The second-order valence-electron chi connectivity index (χ2n) is 5.80. The Balaban J connectivity index is 2.25. The van der Waals surface area contributed by atoms with Crippen molar-refractivity contribution in [2.75, 3.05) is 7.11 Å². The van der Waals surface area contributed by atoms with E-state index in [4.69, 9.17) is 4.74 Å². The van der Waals surface area contributed by atoms with E-state index in [1.165, 1.54) is 0 Å². The molecular weight excluding hydrogens is 226 g/mol. The number of pyridine rings is 1. The van der Waals surface area contributed by atoms with Crippen LogP contribution in [-0.4, -0.2) is 22.8 Å². The first-order chi connectivity index (χ1) is 8.45. The maximum atomic E-state index is 10.6. The smallest absolute Gasteiger partial charge is 0.128 e. The van der Waals surface area contributed by atoms with E-state index in [9.17, 15) is 5.11 Å². The second-order valence-corrected chi connectivity index (χ2v) is 5.80. The Morgan fingerprint density at radius 3 is 2.78 bits per heavy atom. The van der Waals surface area contributed by atoms with E-state index in [1.807, 2.05) is 20.0 Å². The van der Waals surface area contributed by atoms with Gasteiger partial charge in [0.15, 0.2) is 0 Å². The number of hydrogen-bond acceptors (Lipinski definition) is 3. The molecule has 3 nitrogen and oxygen atoms in total. The van der Waals surface area contributed by atoms with Crippen molar-refractivity contribution in [1.82, 2.24) is 4.98 Å². The van der Waals surface area contributed by atoms with Crippen LogP contribution in [0.4, 0.5) is 0 Å². The monoisotopic (exact) mass is 249 g/mol. The van der Waals surface area contributed by atoms with Gasteiger partial charge in [0.2, 0.25) is 0 Å². The highest BCUT2D eigenvalue weighted by atomic mass is 16.5. The Morgan fingerprint density at radius 2 is 2.22 bits per heavy atom. The van der Waals surface area contributed by atoms with E-state index < -0.39 is 5.60 Å². The summed E-state index contributed by atoms with van der Waals surface area (Å²) in [6.45, 7) is 6.22. The standard InChI is InChI=1S/C15H23NO2/c1-10-5-6-15(17,7-10)8-13-12(3)14(18-4)11(2)9-16-13/h9-10,17H,5-8H2,1-4H3. The molecule has 1 saturated carbocycles. The van der Waals surface area contributed by atoms with E-state index in [-0.39, 0.29) is 0 Å². The Labute approximate surface area is 109 Å². The molecule has 1 aliphatic carbocycles. The number of aromatic nitrogens is 1. The highest BCUT2D eigenvalue weighted by Gasteiger charge is 2.36. The third-order valence-corrected chi connectivity index (χ3v) is 4.08. The van der Waals surface area contributed by atoms with Crippen molar-refractivity contribution in [2.24, 2.45) is 5.92 Å². The topological polar surface area (TPSA) is 42.4 Å². The van der Waals surface area contributed by atoms with Gasteiger partial charge in [-0.1, -0.05) is 6.92 Å². The number of aryl methyl sites for hydroxylation is 1. The molecule has 2 unspecified atom stereocenters. The molecule has 1 aliphatic rings. The van der Waals surface area contributed by atoms with Crippen molar-refractivity contribution < 1.29 is 9.84 Å². The van der Waals surface area contributed by atoms with E-state index >= 15 is 0 Å². The zero-order valence-corrected chi connectivity index (χ0v) is 11.8. The van der Waals surface area contributed by atoms with Gasteiger partial charge in [-0.3, -0.25) is 4.98 Å². The molecule has 2 atom stereocenters. The van der Waals surface area contributed by atoms with Crippen molar-refractivity contribution in [3.63, 3.8) is 0 Å². The first-order valence-corrected chi connectivity index (χ1v) is 6.66. The first kappa shape index (κ1) is 13.3. The Hall–Kier alpha value is -1.09. The van der Waals surface area contributed by atoms with E-state index in [1.54, 1.807) is 7.11 Å². The van der Waals surface area contributed by atoms with Crippen molar-refractivity contribution in [2.45, 2.75) is 52.1 Å². The molecule has 1 aromatic heterocycles. The van der Waals surface area contributed by atoms with Gasteiger partial charge in [0.05, 0.1) is 12.7 Å². The van der Waals surface area contributed by atoms with Gasteiger partial charge in [-0.15, -0.1) is 0 Å². The average molecular weight is 249 g/mol. The molecule has 0 aromatic carbocycles. The molecule has 1 fully saturated rings. The summed E-state index contributed by atoms with van der Waals surface area (Å²) in [6, 6.07) is 0. The number of nitrogens with zero attached hydrogens (tertiary/aromatic N) is 1. The van der Waals surface area contributed by atoms with Crippen LogP contribution in [0.2, 0.25) is 0 Å². The Kier molecular flexibility index (Phi) is 3.62. The van der Waals surface area contributed by atoms with Gasteiger partial charge in [-0.2, -0.15) is 0 Å². The fourth-order valence-electron chi connectivity index (χ4n) is 3.09. The average Bonchev–Trinajstić information content (AvgIpc) is 2.64. The molecule has 1 N–H and O–H groups in total. The van der Waals surface area contributed by atoms with E-state index in [0.717, 1.165) is 41.8 Å². The number of hydrogen-bond donors (Lipinski definition) is 1. The van der Waals surface area contributed by atoms with Crippen molar-refractivity contribution in [3.8, 4) is 5.75 Å². The zero-order valence-electron chi connectivity index (χ0n) is 11.8. The van der Waals surface area contributed by atoms with Gasteiger partial charge in [-0.25, -0.2) is 0 Å². The first-order valence-electron chi connectivity index (χ1n) is 6.66. The number of aliphatic hydroxyl groups is 1. The van der Waals surface area contributed by atoms with E-state index in [2.05, 4.69) is 11.9 Å². The van der Waals surface area contributed by atoms with Gasteiger partial charge in [0.1, 0.15) is 5.75 Å². The van der Waals surface area contributed by atoms with Gasteiger partial charge < -0.3 is 9.84 Å². The maximum Gasteiger partial charge on any atom is 0.128 e. The number of methoxy groups -OCH3 is 1. The van der Waals surface area contributed by atoms with Crippen LogP contribution in [0.15, 0.2) is 6.20 Å². The molecule has 18 heavy (non-hydrogen) atoms. The largest absolute Gasteiger partial charge is 0.496 e. The quantitative estimate of drug-likeness (QED) is 0.895. The van der Waals surface area contributed by atoms with Crippen LogP contribution >= 0.6 is 0 Å². The zero-order chi connectivity index (χ0) is 13.3. The summed E-state index contributed by atoms with van der Waals surface area (Å²) < 4.78 is 5.41. The lowest BCUT2D eigenvalue weighted by Crippen LogP contribution is -2.28. The van der Waals surface area contributed by atoms with Gasteiger partial charge in [0, 0.05) is 29.4 Å². The molecule has 0 radical (unpaired) electrons. The Morgan fingerprint density at radius 1 is 1.50 bits per heavy atom. The summed E-state index contributed by atoms with van der Waals surface area (Å²) in [4.78, 5) is 4.48. The molecule has 0 saturated heterocycles. The second kappa shape index (κ2) is 4.88. The maximum absolute atomic E-state index is 10.6. The molecular formula is C15H23NO2. The lowest BCUT2D eigenvalue weighted by molar-refractivity contribution is 0.0434.